The number of hydrogen-bond acceptors (Lipinski definition) is 3. The van der Waals surface area contributed by atoms with Crippen LogP contribution < -0.4 is 0 Å². The minimum atomic E-state index is -2.37. The van der Waals surface area contributed by atoms with E-state index in [2.05, 4.69) is 4.74 Å². The van der Waals surface area contributed by atoms with Crippen LogP contribution in [0.15, 0.2) is 12.0 Å². The molecule has 1 aromatic rings. The molecule has 0 saturated carbocycles. The maximum absolute atomic E-state index is 13.2. The van der Waals surface area contributed by atoms with Gasteiger partial charge in [0.15, 0.2) is 29.1 Å². The SMILES string of the molecule is CCO/C(O)=C/C(=O)c1c(F)c(F)c(F)c(F)c1F. The molecule has 3 nitrogen and oxygen atoms in total. The van der Waals surface area contributed by atoms with Gasteiger partial charge in [0.05, 0.1) is 18.2 Å². The molecule has 104 valence electrons. The summed E-state index contributed by atoms with van der Waals surface area (Å²) >= 11 is 0. The Balaban J connectivity index is 3.36. The number of carbonyl (C=O) groups excluding carboxylic acids is 1. The summed E-state index contributed by atoms with van der Waals surface area (Å²) in [5, 5.41) is 8.97. The van der Waals surface area contributed by atoms with Crippen LogP contribution in [0.4, 0.5) is 22.0 Å². The molecule has 0 saturated heterocycles. The number of hydrogen-bond donors (Lipinski definition) is 1. The van der Waals surface area contributed by atoms with Crippen LogP contribution in [-0.2, 0) is 4.74 Å². The van der Waals surface area contributed by atoms with E-state index in [0.717, 1.165) is 0 Å². The van der Waals surface area contributed by atoms with Gasteiger partial charge in [-0.15, -0.1) is 0 Å². The second-order valence-electron chi connectivity index (χ2n) is 3.22. The van der Waals surface area contributed by atoms with Gasteiger partial charge in [-0.3, -0.25) is 4.79 Å². The normalized spacial score (nSPS) is 11.6. The van der Waals surface area contributed by atoms with Gasteiger partial charge in [0, 0.05) is 0 Å². The van der Waals surface area contributed by atoms with Gasteiger partial charge >= 0.3 is 0 Å². The first-order valence-corrected chi connectivity index (χ1v) is 4.90. The number of ether oxygens (including phenoxy) is 1. The largest absolute Gasteiger partial charge is 0.481 e. The quantitative estimate of drug-likeness (QED) is 0.230. The van der Waals surface area contributed by atoms with Crippen molar-refractivity contribution in [3.05, 3.63) is 46.7 Å². The number of allylic oxidation sites excluding steroid dienone is 1. The van der Waals surface area contributed by atoms with E-state index >= 15 is 0 Å². The average molecular weight is 282 g/mol. The van der Waals surface area contributed by atoms with Gasteiger partial charge in [-0.25, -0.2) is 22.0 Å². The Morgan fingerprint density at radius 1 is 1.05 bits per heavy atom. The molecule has 0 atom stereocenters. The van der Waals surface area contributed by atoms with Gasteiger partial charge in [0.25, 0.3) is 5.95 Å². The van der Waals surface area contributed by atoms with E-state index in [1.54, 1.807) is 0 Å². The summed E-state index contributed by atoms with van der Waals surface area (Å²) in [4.78, 5) is 11.3. The van der Waals surface area contributed by atoms with Crippen molar-refractivity contribution in [1.29, 1.82) is 0 Å². The monoisotopic (exact) mass is 282 g/mol. The Labute approximate surface area is 103 Å². The van der Waals surface area contributed by atoms with Crippen LogP contribution in [0, 0.1) is 29.1 Å². The molecule has 0 aliphatic rings. The van der Waals surface area contributed by atoms with Crippen molar-refractivity contribution in [2.45, 2.75) is 6.92 Å². The molecule has 19 heavy (non-hydrogen) atoms. The minimum Gasteiger partial charge on any atom is -0.481 e. The number of aliphatic hydroxyl groups excluding tert-OH is 1. The molecule has 0 aliphatic heterocycles. The Morgan fingerprint density at radius 3 is 1.89 bits per heavy atom. The van der Waals surface area contributed by atoms with E-state index in [1.807, 2.05) is 0 Å². The molecule has 0 unspecified atom stereocenters. The molecule has 1 N–H and O–H groups in total. The predicted octanol–water partition coefficient (Wildman–Crippen LogP) is 3.00. The zero-order valence-electron chi connectivity index (χ0n) is 9.44. The fourth-order valence-electron chi connectivity index (χ4n) is 1.20. The van der Waals surface area contributed by atoms with E-state index < -0.39 is 46.4 Å². The highest BCUT2D eigenvalue weighted by Crippen LogP contribution is 2.23. The summed E-state index contributed by atoms with van der Waals surface area (Å²) in [6, 6.07) is 0. The number of benzene rings is 1. The van der Waals surface area contributed by atoms with Gasteiger partial charge in [-0.1, -0.05) is 0 Å². The molecule has 0 fully saturated rings. The predicted molar refractivity (Wildman–Crippen MR) is 52.9 cm³/mol. The lowest BCUT2D eigenvalue weighted by Gasteiger charge is -2.05. The first-order chi connectivity index (χ1) is 8.81. The lowest BCUT2D eigenvalue weighted by atomic mass is 10.1. The van der Waals surface area contributed by atoms with Gasteiger partial charge < -0.3 is 9.84 Å². The van der Waals surface area contributed by atoms with Crippen LogP contribution in [0.5, 0.6) is 0 Å². The van der Waals surface area contributed by atoms with Gasteiger partial charge in [0.1, 0.15) is 0 Å². The molecular formula is C11H7F5O3. The Morgan fingerprint density at radius 2 is 1.47 bits per heavy atom. The van der Waals surface area contributed by atoms with E-state index in [1.165, 1.54) is 6.92 Å². The van der Waals surface area contributed by atoms with Crippen molar-refractivity contribution >= 4 is 5.78 Å². The third kappa shape index (κ3) is 2.83. The summed E-state index contributed by atoms with van der Waals surface area (Å²) in [5.41, 5.74) is -1.66. The average Bonchev–Trinajstić information content (AvgIpc) is 2.34. The van der Waals surface area contributed by atoms with Gasteiger partial charge in [-0.2, -0.15) is 0 Å². The van der Waals surface area contributed by atoms with Crippen molar-refractivity contribution in [2.24, 2.45) is 0 Å². The molecule has 1 rings (SSSR count). The molecule has 0 radical (unpaired) electrons. The molecular weight excluding hydrogens is 275 g/mol. The number of halogens is 5. The van der Waals surface area contributed by atoms with Crippen LogP contribution in [-0.4, -0.2) is 17.5 Å². The second kappa shape index (κ2) is 5.68. The molecule has 0 spiro atoms. The highest BCUT2D eigenvalue weighted by molar-refractivity contribution is 6.05. The van der Waals surface area contributed by atoms with Crippen molar-refractivity contribution in [3.63, 3.8) is 0 Å². The Bertz CT molecular complexity index is 525. The van der Waals surface area contributed by atoms with E-state index in [4.69, 9.17) is 5.11 Å². The van der Waals surface area contributed by atoms with Crippen molar-refractivity contribution in [1.82, 2.24) is 0 Å². The molecule has 0 aliphatic carbocycles. The smallest absolute Gasteiger partial charge is 0.280 e. The third-order valence-electron chi connectivity index (χ3n) is 2.00. The van der Waals surface area contributed by atoms with Crippen LogP contribution >= 0.6 is 0 Å². The van der Waals surface area contributed by atoms with Crippen molar-refractivity contribution in [3.8, 4) is 0 Å². The van der Waals surface area contributed by atoms with Gasteiger partial charge in [-0.05, 0) is 6.92 Å². The summed E-state index contributed by atoms with van der Waals surface area (Å²) in [6.45, 7) is 1.37. The standard InChI is InChI=1S/C11H7F5O3/c1-2-19-5(18)3-4(17)6-7(12)9(14)11(16)10(15)8(6)13/h3,18H,2H2,1H3/b5-3+. The zero-order chi connectivity index (χ0) is 14.7. The fraction of sp³-hybridized carbons (Fsp3) is 0.182. The number of ketones is 1. The van der Waals surface area contributed by atoms with E-state index in [0.29, 0.717) is 0 Å². The molecule has 1 aromatic carbocycles. The third-order valence-corrected chi connectivity index (χ3v) is 2.00. The number of rotatable bonds is 4. The fourth-order valence-corrected chi connectivity index (χ4v) is 1.20. The minimum absolute atomic E-state index is 0.0628. The summed E-state index contributed by atoms with van der Waals surface area (Å²) < 4.78 is 69.1. The van der Waals surface area contributed by atoms with Crippen molar-refractivity contribution in [2.75, 3.05) is 6.61 Å². The maximum Gasteiger partial charge on any atom is 0.280 e. The summed E-state index contributed by atoms with van der Waals surface area (Å²) in [7, 11) is 0. The van der Waals surface area contributed by atoms with Crippen LogP contribution in [0.2, 0.25) is 0 Å². The summed E-state index contributed by atoms with van der Waals surface area (Å²) in [6.07, 6.45) is 0.210. The lowest BCUT2D eigenvalue weighted by molar-refractivity contribution is 0.0914. The highest BCUT2D eigenvalue weighted by atomic mass is 19.2. The molecule has 0 amide bonds. The molecule has 0 aromatic heterocycles. The molecule has 0 bridgehead atoms. The maximum atomic E-state index is 13.2. The lowest BCUT2D eigenvalue weighted by Crippen LogP contribution is -2.12. The zero-order valence-corrected chi connectivity index (χ0v) is 9.44. The molecule has 8 heteroatoms. The number of aliphatic hydroxyl groups is 1. The Kier molecular flexibility index (Phi) is 4.47. The number of carbonyl (C=O) groups is 1. The first kappa shape index (κ1) is 14.9. The highest BCUT2D eigenvalue weighted by Gasteiger charge is 2.29. The first-order valence-electron chi connectivity index (χ1n) is 4.90. The second-order valence-corrected chi connectivity index (χ2v) is 3.22. The van der Waals surface area contributed by atoms with E-state index in [9.17, 15) is 26.7 Å². The van der Waals surface area contributed by atoms with Crippen LogP contribution in [0.3, 0.4) is 0 Å². The van der Waals surface area contributed by atoms with E-state index in [-0.39, 0.29) is 12.7 Å². The summed E-state index contributed by atoms with van der Waals surface area (Å²) in [5.74, 6) is -14.0. The topological polar surface area (TPSA) is 46.5 Å². The van der Waals surface area contributed by atoms with Gasteiger partial charge in [0.2, 0.25) is 5.82 Å². The van der Waals surface area contributed by atoms with Crippen LogP contribution in [0.1, 0.15) is 17.3 Å². The molecule has 0 heterocycles. The van der Waals surface area contributed by atoms with Crippen LogP contribution in [0.25, 0.3) is 0 Å². The van der Waals surface area contributed by atoms with Crippen molar-refractivity contribution < 1.29 is 36.6 Å². The Hall–Kier alpha value is -2.12.